The van der Waals surface area contributed by atoms with Gasteiger partial charge in [-0.2, -0.15) is 0 Å². The molecule has 1 N–H and O–H groups in total. The van der Waals surface area contributed by atoms with Crippen LogP contribution in [0.2, 0.25) is 0 Å². The summed E-state index contributed by atoms with van der Waals surface area (Å²) in [6, 6.07) is 0. The van der Waals surface area contributed by atoms with Gasteiger partial charge >= 0.3 is 0 Å². The van der Waals surface area contributed by atoms with Crippen LogP contribution in [0.4, 0.5) is 0 Å². The van der Waals surface area contributed by atoms with E-state index in [1.54, 1.807) is 0 Å². The first kappa shape index (κ1) is 17.8. The molecule has 0 rings (SSSR count). The van der Waals surface area contributed by atoms with Crippen molar-refractivity contribution in [2.75, 3.05) is 19.8 Å². The minimum atomic E-state index is 0.0870. The molecule has 0 aliphatic carbocycles. The van der Waals surface area contributed by atoms with Gasteiger partial charge in [0, 0.05) is 25.1 Å². The summed E-state index contributed by atoms with van der Waals surface area (Å²) < 4.78 is 5.60. The molecule has 0 spiro atoms. The number of nitrogens with one attached hydrogen (secondary N) is 1. The summed E-state index contributed by atoms with van der Waals surface area (Å²) in [5.74, 6) is 0.569. The Morgan fingerprint density at radius 3 is 2.47 bits per heavy atom. The Kier molecular flexibility index (Phi) is 9.06. The maximum Gasteiger partial charge on any atom is 0.0510 e. The molecule has 0 fully saturated rings. The highest BCUT2D eigenvalue weighted by atomic mass is 16.5. The van der Waals surface area contributed by atoms with Crippen LogP contribution in [0.3, 0.4) is 0 Å². The van der Waals surface area contributed by atoms with Crippen molar-refractivity contribution in [3.8, 4) is 0 Å². The van der Waals surface area contributed by atoms with Gasteiger partial charge in [-0.3, -0.25) is 0 Å². The van der Waals surface area contributed by atoms with Gasteiger partial charge in [0.2, 0.25) is 0 Å². The van der Waals surface area contributed by atoms with E-state index < -0.39 is 0 Å². The molecular formula is C17H27NO. The van der Waals surface area contributed by atoms with Crippen molar-refractivity contribution in [2.45, 2.75) is 46.6 Å². The van der Waals surface area contributed by atoms with Crippen molar-refractivity contribution >= 4 is 0 Å². The Morgan fingerprint density at radius 2 is 1.95 bits per heavy atom. The van der Waals surface area contributed by atoms with Gasteiger partial charge in [0.1, 0.15) is 0 Å². The van der Waals surface area contributed by atoms with Crippen LogP contribution >= 0.6 is 0 Å². The predicted molar refractivity (Wildman–Crippen MR) is 81.2 cm³/mol. The van der Waals surface area contributed by atoms with Crippen molar-refractivity contribution in [3.63, 3.8) is 0 Å². The first-order valence-electron chi connectivity index (χ1n) is 6.80. The molecular weight excluding hydrogens is 234 g/mol. The molecule has 0 saturated carbocycles. The van der Waals surface area contributed by atoms with Crippen LogP contribution in [0.15, 0.2) is 35.1 Å². The number of ether oxygens (including phenoxy) is 1. The molecule has 0 unspecified atom stereocenters. The highest BCUT2D eigenvalue weighted by Crippen LogP contribution is 2.04. The summed E-state index contributed by atoms with van der Waals surface area (Å²) >= 11 is 0. The lowest BCUT2D eigenvalue weighted by Crippen LogP contribution is -2.37. The SMILES string of the molecule is C=C=C=C=C=C(CCOCC(C)C)CNC(C)(C)C. The van der Waals surface area contributed by atoms with Crippen molar-refractivity contribution in [2.24, 2.45) is 5.92 Å². The molecule has 106 valence electrons. The van der Waals surface area contributed by atoms with Crippen LogP contribution in [-0.2, 0) is 4.74 Å². The fourth-order valence-electron chi connectivity index (χ4n) is 1.25. The van der Waals surface area contributed by atoms with Crippen LogP contribution in [0.25, 0.3) is 0 Å². The van der Waals surface area contributed by atoms with Gasteiger partial charge in [-0.25, -0.2) is 0 Å². The molecule has 2 heteroatoms. The van der Waals surface area contributed by atoms with Crippen LogP contribution < -0.4 is 5.32 Å². The van der Waals surface area contributed by atoms with E-state index >= 15 is 0 Å². The van der Waals surface area contributed by atoms with Gasteiger partial charge in [-0.05, 0) is 50.3 Å². The average Bonchev–Trinajstić information content (AvgIpc) is 2.29. The van der Waals surface area contributed by atoms with Gasteiger partial charge in [0.05, 0.1) is 6.61 Å². The monoisotopic (exact) mass is 261 g/mol. The van der Waals surface area contributed by atoms with Crippen molar-refractivity contribution in [1.82, 2.24) is 5.32 Å². The third kappa shape index (κ3) is 13.0. The Labute approximate surface area is 118 Å². The predicted octanol–water partition coefficient (Wildman–Crippen LogP) is 3.61. The maximum atomic E-state index is 5.60. The third-order valence-electron chi connectivity index (χ3n) is 2.22. The second-order valence-corrected chi connectivity index (χ2v) is 5.98. The molecule has 0 radical (unpaired) electrons. The summed E-state index contributed by atoms with van der Waals surface area (Å²) in [4.78, 5) is 0. The van der Waals surface area contributed by atoms with Crippen molar-refractivity contribution in [3.05, 3.63) is 35.1 Å². The van der Waals surface area contributed by atoms with Crippen LogP contribution in [0, 0.1) is 5.92 Å². The van der Waals surface area contributed by atoms with Gasteiger partial charge < -0.3 is 10.1 Å². The van der Waals surface area contributed by atoms with Crippen LogP contribution in [-0.4, -0.2) is 25.3 Å². The Bertz CT molecular complexity index is 403. The summed E-state index contributed by atoms with van der Waals surface area (Å²) in [5.41, 5.74) is 12.3. The zero-order chi connectivity index (χ0) is 14.7. The highest BCUT2D eigenvalue weighted by molar-refractivity contribution is 5.05. The average molecular weight is 261 g/mol. The first-order chi connectivity index (χ1) is 8.85. The molecule has 0 aromatic heterocycles. The van der Waals surface area contributed by atoms with Gasteiger partial charge in [-0.1, -0.05) is 25.3 Å². The first-order valence-corrected chi connectivity index (χ1v) is 6.80. The molecule has 0 amide bonds. The molecule has 0 bridgehead atoms. The normalized spacial score (nSPS) is 10.4. The minimum absolute atomic E-state index is 0.0870. The Hall–Kier alpha value is -1.22. The van der Waals surface area contributed by atoms with Gasteiger partial charge in [0.15, 0.2) is 0 Å². The van der Waals surface area contributed by atoms with Gasteiger partial charge in [0.25, 0.3) is 0 Å². The number of hydrogen-bond acceptors (Lipinski definition) is 2. The molecule has 0 aliphatic heterocycles. The highest BCUT2D eigenvalue weighted by Gasteiger charge is 2.09. The summed E-state index contributed by atoms with van der Waals surface area (Å²) in [6.07, 6.45) is 0.849. The molecule has 0 aromatic rings. The summed E-state index contributed by atoms with van der Waals surface area (Å²) in [7, 11) is 0. The van der Waals surface area contributed by atoms with Crippen molar-refractivity contribution < 1.29 is 4.74 Å². The van der Waals surface area contributed by atoms with E-state index in [-0.39, 0.29) is 5.54 Å². The molecule has 0 heterocycles. The quantitative estimate of drug-likeness (QED) is 0.558. The fourth-order valence-corrected chi connectivity index (χ4v) is 1.25. The van der Waals surface area contributed by atoms with Crippen molar-refractivity contribution in [1.29, 1.82) is 0 Å². The molecule has 2 nitrogen and oxygen atoms in total. The Morgan fingerprint density at radius 1 is 1.26 bits per heavy atom. The summed E-state index contributed by atoms with van der Waals surface area (Å²) in [6.45, 7) is 16.5. The minimum Gasteiger partial charge on any atom is -0.381 e. The van der Waals surface area contributed by atoms with E-state index in [2.05, 4.69) is 69.4 Å². The number of rotatable bonds is 7. The largest absolute Gasteiger partial charge is 0.381 e. The lowest BCUT2D eigenvalue weighted by atomic mass is 10.1. The molecule has 0 aliphatic rings. The molecule has 19 heavy (non-hydrogen) atoms. The third-order valence-corrected chi connectivity index (χ3v) is 2.22. The van der Waals surface area contributed by atoms with E-state index in [0.717, 1.165) is 25.1 Å². The lowest BCUT2D eigenvalue weighted by molar-refractivity contribution is 0.112. The van der Waals surface area contributed by atoms with E-state index in [9.17, 15) is 0 Å². The maximum absolute atomic E-state index is 5.60. The second-order valence-electron chi connectivity index (χ2n) is 5.98. The van der Waals surface area contributed by atoms with E-state index in [4.69, 9.17) is 4.74 Å². The molecule has 0 aromatic carbocycles. The van der Waals surface area contributed by atoms with Crippen LogP contribution in [0.5, 0.6) is 0 Å². The Balaban J connectivity index is 4.49. The lowest BCUT2D eigenvalue weighted by Gasteiger charge is -2.21. The second kappa shape index (κ2) is 9.68. The molecule has 0 saturated heterocycles. The topological polar surface area (TPSA) is 21.3 Å². The zero-order valence-corrected chi connectivity index (χ0v) is 13.0. The molecule has 0 atom stereocenters. The zero-order valence-electron chi connectivity index (χ0n) is 13.0. The standard InChI is InChI=1S/C17H27NO/c1-7-8-9-10-16(13-18-17(4,5)6)11-12-19-14-15(2)3/h15,18H,1,11-14H2,2-6H3. The van der Waals surface area contributed by atoms with E-state index in [1.807, 2.05) is 0 Å². The number of hydrogen-bond donors (Lipinski definition) is 1. The van der Waals surface area contributed by atoms with E-state index in [0.29, 0.717) is 12.5 Å². The fraction of sp³-hybridized carbons (Fsp3) is 0.647. The van der Waals surface area contributed by atoms with Gasteiger partial charge in [-0.15, -0.1) is 0 Å². The van der Waals surface area contributed by atoms with Crippen LogP contribution in [0.1, 0.15) is 41.0 Å². The smallest absolute Gasteiger partial charge is 0.0510 e. The van der Waals surface area contributed by atoms with E-state index in [1.165, 1.54) is 0 Å². The summed E-state index contributed by atoms with van der Waals surface area (Å²) in [5, 5.41) is 3.44.